The van der Waals surface area contributed by atoms with E-state index in [-0.39, 0.29) is 12.6 Å². The Morgan fingerprint density at radius 2 is 1.34 bits per heavy atom. The Morgan fingerprint density at radius 1 is 0.789 bits per heavy atom. The average molecular weight is 544 g/mol. The van der Waals surface area contributed by atoms with Crippen LogP contribution in [0.15, 0.2) is 78.9 Å². The molecule has 5 nitrogen and oxygen atoms in total. The summed E-state index contributed by atoms with van der Waals surface area (Å²) in [5.41, 5.74) is 7.70. The summed E-state index contributed by atoms with van der Waals surface area (Å²) in [6.07, 6.45) is 1.08. The molecule has 2 atom stereocenters. The van der Waals surface area contributed by atoms with Crippen LogP contribution < -0.4 is 5.32 Å². The molecule has 5 aromatic rings. The van der Waals surface area contributed by atoms with Crippen molar-refractivity contribution in [1.29, 1.82) is 0 Å². The van der Waals surface area contributed by atoms with Gasteiger partial charge in [-0.3, -0.25) is 0 Å². The van der Waals surface area contributed by atoms with Crippen molar-refractivity contribution in [2.45, 2.75) is 32.4 Å². The van der Waals surface area contributed by atoms with Gasteiger partial charge in [0.1, 0.15) is 6.61 Å². The number of hydrogen-bond acceptors (Lipinski definition) is 4. The SMILES string of the molecule is CC(CS)Cc1c(-c2[nH]c3ccccc3c2CC(CS)NC(=O)OCc2ccccc2)[nH]c2ccccc12. The third-order valence-electron chi connectivity index (χ3n) is 6.95. The number of fused-ring (bicyclic) bond motifs is 2. The summed E-state index contributed by atoms with van der Waals surface area (Å²) in [6.45, 7) is 2.46. The van der Waals surface area contributed by atoms with Gasteiger partial charge in [0.05, 0.1) is 11.4 Å². The smallest absolute Gasteiger partial charge is 0.407 e. The molecule has 0 aliphatic rings. The highest BCUT2D eigenvalue weighted by molar-refractivity contribution is 7.80. The quantitative estimate of drug-likeness (QED) is 0.121. The molecule has 0 spiro atoms. The number of para-hydroxylation sites is 2. The molecule has 0 bridgehead atoms. The number of hydrogen-bond donors (Lipinski definition) is 5. The standard InChI is InChI=1S/C31H33N3O2S2/c1-20(18-37)15-25-23-11-5-7-13-27(23)33-29(25)30-26(24-12-6-8-14-28(24)34-30)16-22(19-38)32-31(35)36-17-21-9-3-2-4-10-21/h2-14,20,22,33-34,37-38H,15-19H2,1H3,(H,32,35). The fourth-order valence-electron chi connectivity index (χ4n) is 5.00. The molecule has 2 aromatic heterocycles. The molecular formula is C31H33N3O2S2. The number of H-pyrrole nitrogens is 2. The van der Waals surface area contributed by atoms with Gasteiger partial charge in [-0.2, -0.15) is 25.3 Å². The van der Waals surface area contributed by atoms with Gasteiger partial charge < -0.3 is 20.0 Å². The highest BCUT2D eigenvalue weighted by atomic mass is 32.1. The van der Waals surface area contributed by atoms with Crippen molar-refractivity contribution >= 4 is 53.2 Å². The predicted molar refractivity (Wildman–Crippen MR) is 163 cm³/mol. The van der Waals surface area contributed by atoms with Gasteiger partial charge in [-0.1, -0.05) is 73.7 Å². The predicted octanol–water partition coefficient (Wildman–Crippen LogP) is 7.19. The minimum absolute atomic E-state index is 0.205. The molecule has 0 saturated carbocycles. The van der Waals surface area contributed by atoms with Crippen molar-refractivity contribution < 1.29 is 9.53 Å². The number of rotatable bonds is 10. The molecule has 0 aliphatic carbocycles. The topological polar surface area (TPSA) is 69.9 Å². The van der Waals surface area contributed by atoms with E-state index in [2.05, 4.69) is 89.9 Å². The number of ether oxygens (including phenoxy) is 1. The number of carbonyl (C=O) groups is 1. The van der Waals surface area contributed by atoms with Crippen molar-refractivity contribution in [3.05, 3.63) is 95.6 Å². The maximum absolute atomic E-state index is 12.7. The maximum atomic E-state index is 12.7. The number of carbonyl (C=O) groups excluding carboxylic acids is 1. The Morgan fingerprint density at radius 3 is 1.92 bits per heavy atom. The van der Waals surface area contributed by atoms with E-state index >= 15 is 0 Å². The minimum atomic E-state index is -0.441. The molecule has 196 valence electrons. The Kier molecular flexibility index (Phi) is 8.35. The normalized spacial score (nSPS) is 13.0. The molecule has 7 heteroatoms. The van der Waals surface area contributed by atoms with Crippen LogP contribution in [0.1, 0.15) is 23.6 Å². The molecule has 1 amide bonds. The highest BCUT2D eigenvalue weighted by Crippen LogP contribution is 2.37. The Labute approximate surface area is 234 Å². The van der Waals surface area contributed by atoms with Gasteiger partial charge in [0.15, 0.2) is 0 Å². The lowest BCUT2D eigenvalue weighted by Crippen LogP contribution is -2.38. The largest absolute Gasteiger partial charge is 0.445 e. The molecule has 38 heavy (non-hydrogen) atoms. The second-order valence-electron chi connectivity index (χ2n) is 9.83. The number of benzene rings is 3. The first-order chi connectivity index (χ1) is 18.6. The summed E-state index contributed by atoms with van der Waals surface area (Å²) >= 11 is 9.13. The first kappa shape index (κ1) is 26.3. The zero-order valence-corrected chi connectivity index (χ0v) is 23.2. The third-order valence-corrected chi connectivity index (χ3v) is 8.01. The van der Waals surface area contributed by atoms with Gasteiger partial charge in [0, 0.05) is 33.6 Å². The van der Waals surface area contributed by atoms with Crippen LogP contribution in [0.5, 0.6) is 0 Å². The Balaban J connectivity index is 1.48. The summed E-state index contributed by atoms with van der Waals surface area (Å²) in [5, 5.41) is 5.40. The van der Waals surface area contributed by atoms with Crippen LogP contribution in [-0.2, 0) is 24.2 Å². The van der Waals surface area contributed by atoms with Crippen LogP contribution in [0.4, 0.5) is 4.79 Å². The first-order valence-corrected chi connectivity index (χ1v) is 14.2. The Bertz CT molecular complexity index is 1530. The number of nitrogens with one attached hydrogen (secondary N) is 3. The van der Waals surface area contributed by atoms with Gasteiger partial charge in [-0.15, -0.1) is 0 Å². The van der Waals surface area contributed by atoms with Gasteiger partial charge in [0.25, 0.3) is 0 Å². The molecule has 3 aromatic carbocycles. The summed E-state index contributed by atoms with van der Waals surface area (Å²) in [4.78, 5) is 20.0. The lowest BCUT2D eigenvalue weighted by Gasteiger charge is -2.18. The second kappa shape index (κ2) is 12.0. The molecule has 2 unspecified atom stereocenters. The summed E-state index contributed by atoms with van der Waals surface area (Å²) in [6, 6.07) is 26.2. The van der Waals surface area contributed by atoms with Crippen molar-refractivity contribution in [3.63, 3.8) is 0 Å². The molecule has 0 radical (unpaired) electrons. The highest BCUT2D eigenvalue weighted by Gasteiger charge is 2.23. The number of aromatic nitrogens is 2. The summed E-state index contributed by atoms with van der Waals surface area (Å²) < 4.78 is 5.49. The number of aromatic amines is 2. The second-order valence-corrected chi connectivity index (χ2v) is 10.6. The lowest BCUT2D eigenvalue weighted by molar-refractivity contribution is 0.136. The first-order valence-electron chi connectivity index (χ1n) is 13.0. The number of alkyl carbamates (subject to hydrolysis) is 1. The van der Waals surface area contributed by atoms with E-state index < -0.39 is 6.09 Å². The molecule has 5 rings (SSSR count). The van der Waals surface area contributed by atoms with Crippen LogP contribution in [-0.4, -0.2) is 33.6 Å². The Hall–Kier alpha value is -3.29. The van der Waals surface area contributed by atoms with E-state index in [1.54, 1.807) is 0 Å². The summed E-state index contributed by atoms with van der Waals surface area (Å²) in [5.74, 6) is 1.72. The van der Waals surface area contributed by atoms with E-state index in [1.807, 2.05) is 36.4 Å². The van der Waals surface area contributed by atoms with E-state index in [9.17, 15) is 4.79 Å². The van der Waals surface area contributed by atoms with Crippen LogP contribution in [0.3, 0.4) is 0 Å². The van der Waals surface area contributed by atoms with Crippen LogP contribution >= 0.6 is 25.3 Å². The van der Waals surface area contributed by atoms with Gasteiger partial charge >= 0.3 is 6.09 Å². The van der Waals surface area contributed by atoms with Crippen molar-refractivity contribution in [2.24, 2.45) is 5.92 Å². The van der Waals surface area contributed by atoms with Crippen molar-refractivity contribution in [1.82, 2.24) is 15.3 Å². The van der Waals surface area contributed by atoms with Gasteiger partial charge in [-0.05, 0) is 53.3 Å². The average Bonchev–Trinajstić information content (AvgIpc) is 3.50. The molecule has 0 aliphatic heterocycles. The lowest BCUT2D eigenvalue weighted by atomic mass is 9.95. The van der Waals surface area contributed by atoms with E-state index in [1.165, 1.54) is 10.9 Å². The maximum Gasteiger partial charge on any atom is 0.407 e. The van der Waals surface area contributed by atoms with Crippen LogP contribution in [0.25, 0.3) is 33.2 Å². The van der Waals surface area contributed by atoms with Crippen LogP contribution in [0, 0.1) is 5.92 Å². The van der Waals surface area contributed by atoms with E-state index in [0.717, 1.165) is 51.1 Å². The molecule has 3 N–H and O–H groups in total. The molecular weight excluding hydrogens is 510 g/mol. The fraction of sp³-hybridized carbons (Fsp3) is 0.258. The number of amides is 1. The van der Waals surface area contributed by atoms with E-state index in [0.29, 0.717) is 18.1 Å². The summed E-state index contributed by atoms with van der Waals surface area (Å²) in [7, 11) is 0. The van der Waals surface area contributed by atoms with Gasteiger partial charge in [-0.25, -0.2) is 4.79 Å². The third kappa shape index (κ3) is 5.74. The monoisotopic (exact) mass is 543 g/mol. The van der Waals surface area contributed by atoms with Crippen molar-refractivity contribution in [2.75, 3.05) is 11.5 Å². The fourth-order valence-corrected chi connectivity index (χ4v) is 5.35. The van der Waals surface area contributed by atoms with Crippen LogP contribution in [0.2, 0.25) is 0 Å². The number of thiol groups is 2. The zero-order chi connectivity index (χ0) is 26.5. The zero-order valence-electron chi connectivity index (χ0n) is 21.4. The van der Waals surface area contributed by atoms with Crippen molar-refractivity contribution in [3.8, 4) is 11.4 Å². The van der Waals surface area contributed by atoms with Gasteiger partial charge in [0.2, 0.25) is 0 Å². The molecule has 0 saturated heterocycles. The molecule has 2 heterocycles. The molecule has 0 fully saturated rings. The minimum Gasteiger partial charge on any atom is -0.445 e. The van der Waals surface area contributed by atoms with E-state index in [4.69, 9.17) is 4.74 Å².